The lowest BCUT2D eigenvalue weighted by Crippen LogP contribution is -2.62. The summed E-state index contributed by atoms with van der Waals surface area (Å²) in [6.45, 7) is 0.284. The highest BCUT2D eigenvalue weighted by Crippen LogP contribution is 2.36. The summed E-state index contributed by atoms with van der Waals surface area (Å²) in [5, 5.41) is 0. The Morgan fingerprint density at radius 2 is 1.71 bits per heavy atom. The fourth-order valence-corrected chi connectivity index (χ4v) is 2.61. The van der Waals surface area contributed by atoms with E-state index in [1.54, 1.807) is 30.3 Å². The summed E-state index contributed by atoms with van der Waals surface area (Å²) in [6.07, 6.45) is 0. The fraction of sp³-hybridized carbons (Fsp3) is 0.188. The van der Waals surface area contributed by atoms with Crippen LogP contribution in [0.2, 0.25) is 0 Å². The Hall–Kier alpha value is -2.27. The third-order valence-electron chi connectivity index (χ3n) is 3.73. The molecule has 1 amide bonds. The molecule has 0 aromatic heterocycles. The van der Waals surface area contributed by atoms with Crippen LogP contribution in [0.25, 0.3) is 0 Å². The molecule has 2 aromatic carbocycles. The number of benzene rings is 2. The summed E-state index contributed by atoms with van der Waals surface area (Å²) < 4.78 is 26.8. The van der Waals surface area contributed by atoms with Gasteiger partial charge in [0, 0.05) is 12.1 Å². The number of β-lactam (4-membered cyclic amide) rings is 1. The molecule has 1 fully saturated rings. The number of carbonyl (C=O) groups excluding carboxylic acids is 1. The van der Waals surface area contributed by atoms with Gasteiger partial charge in [-0.15, -0.1) is 0 Å². The summed E-state index contributed by atoms with van der Waals surface area (Å²) in [5.41, 5.74) is 7.00. The van der Waals surface area contributed by atoms with Crippen molar-refractivity contribution in [2.75, 3.05) is 0 Å². The van der Waals surface area contributed by atoms with E-state index in [0.29, 0.717) is 5.56 Å². The van der Waals surface area contributed by atoms with Crippen LogP contribution in [0.3, 0.4) is 0 Å². The van der Waals surface area contributed by atoms with E-state index in [2.05, 4.69) is 0 Å². The van der Waals surface area contributed by atoms with Gasteiger partial charge in [0.25, 0.3) is 0 Å². The van der Waals surface area contributed by atoms with Crippen molar-refractivity contribution >= 4 is 5.91 Å². The molecule has 21 heavy (non-hydrogen) atoms. The number of nitrogens with zero attached hydrogens (tertiary/aromatic N) is 1. The van der Waals surface area contributed by atoms with Crippen molar-refractivity contribution in [3.63, 3.8) is 0 Å². The van der Waals surface area contributed by atoms with Crippen LogP contribution in [-0.4, -0.2) is 16.8 Å². The molecule has 2 atom stereocenters. The number of nitrogens with two attached hydrogens (primary N) is 1. The van der Waals surface area contributed by atoms with E-state index >= 15 is 0 Å². The lowest BCUT2D eigenvalue weighted by Gasteiger charge is -2.45. The monoisotopic (exact) mass is 288 g/mol. The van der Waals surface area contributed by atoms with Gasteiger partial charge in [0.2, 0.25) is 5.91 Å². The maximum absolute atomic E-state index is 13.9. The van der Waals surface area contributed by atoms with Crippen LogP contribution in [0.1, 0.15) is 17.2 Å². The molecule has 5 heteroatoms. The van der Waals surface area contributed by atoms with Gasteiger partial charge in [-0.25, -0.2) is 8.78 Å². The zero-order valence-corrected chi connectivity index (χ0v) is 11.2. The van der Waals surface area contributed by atoms with Crippen LogP contribution in [0.5, 0.6) is 0 Å². The van der Waals surface area contributed by atoms with E-state index in [1.807, 2.05) is 0 Å². The first-order chi connectivity index (χ1) is 10.1. The zero-order valence-electron chi connectivity index (χ0n) is 11.2. The van der Waals surface area contributed by atoms with Gasteiger partial charge in [-0.1, -0.05) is 30.3 Å². The third kappa shape index (κ3) is 2.40. The first-order valence-corrected chi connectivity index (χ1v) is 6.63. The highest BCUT2D eigenvalue weighted by atomic mass is 19.1. The van der Waals surface area contributed by atoms with Gasteiger partial charge < -0.3 is 10.6 Å². The van der Waals surface area contributed by atoms with Crippen LogP contribution >= 0.6 is 0 Å². The first kappa shape index (κ1) is 13.7. The number of likely N-dealkylation sites (tertiary alicyclic amines) is 1. The van der Waals surface area contributed by atoms with Gasteiger partial charge in [0.15, 0.2) is 0 Å². The number of hydrogen-bond acceptors (Lipinski definition) is 2. The number of carbonyl (C=O) groups is 1. The Balaban J connectivity index is 1.85. The molecular weight excluding hydrogens is 274 g/mol. The van der Waals surface area contributed by atoms with Crippen LogP contribution < -0.4 is 5.73 Å². The van der Waals surface area contributed by atoms with Crippen LogP contribution in [0.4, 0.5) is 8.78 Å². The molecule has 0 spiro atoms. The molecule has 1 aliphatic rings. The second kappa shape index (κ2) is 5.26. The average molecular weight is 288 g/mol. The Morgan fingerprint density at radius 3 is 2.38 bits per heavy atom. The highest BCUT2D eigenvalue weighted by molar-refractivity contribution is 5.89. The number of halogens is 2. The zero-order chi connectivity index (χ0) is 15.0. The molecule has 108 valence electrons. The molecular formula is C16H14F2N2O. The van der Waals surface area contributed by atoms with Gasteiger partial charge in [0.1, 0.15) is 17.7 Å². The molecule has 3 nitrogen and oxygen atoms in total. The van der Waals surface area contributed by atoms with Crippen molar-refractivity contribution in [3.8, 4) is 0 Å². The van der Waals surface area contributed by atoms with Gasteiger partial charge in [-0.05, 0) is 23.8 Å². The molecule has 3 rings (SSSR count). The van der Waals surface area contributed by atoms with E-state index in [0.717, 1.165) is 5.56 Å². The quantitative estimate of drug-likeness (QED) is 0.881. The topological polar surface area (TPSA) is 46.3 Å². The van der Waals surface area contributed by atoms with E-state index in [-0.39, 0.29) is 24.1 Å². The fourth-order valence-electron chi connectivity index (χ4n) is 2.61. The predicted octanol–water partition coefficient (Wildman–Crippen LogP) is 2.38. The third-order valence-corrected chi connectivity index (χ3v) is 3.73. The highest BCUT2D eigenvalue weighted by Gasteiger charge is 2.46. The van der Waals surface area contributed by atoms with Gasteiger partial charge in [-0.3, -0.25) is 4.79 Å². The summed E-state index contributed by atoms with van der Waals surface area (Å²) in [4.78, 5) is 13.4. The number of rotatable bonds is 3. The van der Waals surface area contributed by atoms with Crippen molar-refractivity contribution in [1.82, 2.24) is 4.90 Å². The summed E-state index contributed by atoms with van der Waals surface area (Å²) >= 11 is 0. The minimum Gasteiger partial charge on any atom is -0.328 e. The molecule has 1 saturated heterocycles. The van der Waals surface area contributed by atoms with Crippen molar-refractivity contribution in [2.24, 2.45) is 5.73 Å². The van der Waals surface area contributed by atoms with Crippen molar-refractivity contribution in [3.05, 3.63) is 71.3 Å². The second-order valence-corrected chi connectivity index (χ2v) is 5.08. The molecule has 2 N–H and O–H groups in total. The Bertz CT molecular complexity index is 672. The largest absolute Gasteiger partial charge is 0.328 e. The average Bonchev–Trinajstić information content (AvgIpc) is 2.50. The maximum Gasteiger partial charge on any atom is 0.242 e. The molecule has 1 aliphatic heterocycles. The van der Waals surface area contributed by atoms with Gasteiger partial charge >= 0.3 is 0 Å². The minimum atomic E-state index is -0.734. The maximum atomic E-state index is 13.9. The Morgan fingerprint density at radius 1 is 1.05 bits per heavy atom. The summed E-state index contributed by atoms with van der Waals surface area (Å²) in [6, 6.07) is 10.9. The van der Waals surface area contributed by atoms with Crippen LogP contribution in [0.15, 0.2) is 48.5 Å². The van der Waals surface area contributed by atoms with E-state index < -0.39 is 12.1 Å². The number of hydrogen-bond donors (Lipinski definition) is 1. The summed E-state index contributed by atoms with van der Waals surface area (Å²) in [7, 11) is 0. The molecule has 2 aromatic rings. The molecule has 0 unspecified atom stereocenters. The second-order valence-electron chi connectivity index (χ2n) is 5.08. The standard InChI is InChI=1S/C16H14F2N2O/c17-11-7-5-10(6-8-11)9-20-15(14(19)16(20)21)12-3-1-2-4-13(12)18/h1-8,14-15H,9,19H2/t14-,15+/m1/s1. The lowest BCUT2D eigenvalue weighted by molar-refractivity contribution is -0.150. The number of amides is 1. The van der Waals surface area contributed by atoms with Gasteiger partial charge in [0.05, 0.1) is 6.04 Å². The lowest BCUT2D eigenvalue weighted by atomic mass is 9.88. The van der Waals surface area contributed by atoms with Crippen LogP contribution in [-0.2, 0) is 11.3 Å². The van der Waals surface area contributed by atoms with Crippen LogP contribution in [0, 0.1) is 11.6 Å². The SMILES string of the molecule is N[C@H]1C(=O)N(Cc2ccc(F)cc2)[C@H]1c1ccccc1F. The molecule has 0 saturated carbocycles. The van der Waals surface area contributed by atoms with E-state index in [1.165, 1.54) is 23.1 Å². The van der Waals surface area contributed by atoms with Crippen molar-refractivity contribution in [1.29, 1.82) is 0 Å². The smallest absolute Gasteiger partial charge is 0.242 e. The molecule has 0 bridgehead atoms. The van der Waals surface area contributed by atoms with E-state index in [9.17, 15) is 13.6 Å². The molecule has 0 aliphatic carbocycles. The summed E-state index contributed by atoms with van der Waals surface area (Å²) in [5.74, 6) is -0.946. The minimum absolute atomic E-state index is 0.229. The van der Waals surface area contributed by atoms with Gasteiger partial charge in [-0.2, -0.15) is 0 Å². The predicted molar refractivity (Wildman–Crippen MR) is 74.1 cm³/mol. The normalized spacial score (nSPS) is 21.3. The molecule has 1 heterocycles. The molecule has 0 radical (unpaired) electrons. The van der Waals surface area contributed by atoms with Crippen molar-refractivity contribution < 1.29 is 13.6 Å². The Labute approximate surface area is 121 Å². The first-order valence-electron chi connectivity index (χ1n) is 6.63. The Kier molecular flexibility index (Phi) is 3.43. The van der Waals surface area contributed by atoms with Crippen molar-refractivity contribution in [2.45, 2.75) is 18.6 Å². The van der Waals surface area contributed by atoms with E-state index in [4.69, 9.17) is 5.73 Å².